The van der Waals surface area contributed by atoms with Crippen LogP contribution in [-0.4, -0.2) is 64.2 Å². The third-order valence-electron chi connectivity index (χ3n) is 10.2. The molecule has 4 bridgehead atoms. The minimum Gasteiger partial charge on any atom is -0.508 e. The molecule has 4 aliphatic carbocycles. The number of phenolic OH excluding ortho intramolecular Hbond substituents is 1. The third-order valence-corrected chi connectivity index (χ3v) is 10.2. The van der Waals surface area contributed by atoms with Crippen molar-refractivity contribution in [1.29, 1.82) is 0 Å². The molecule has 0 radical (unpaired) electrons. The van der Waals surface area contributed by atoms with Crippen LogP contribution in [0.25, 0.3) is 0 Å². The second-order valence-corrected chi connectivity index (χ2v) is 11.7. The summed E-state index contributed by atoms with van der Waals surface area (Å²) in [4.78, 5) is 18.2. The lowest BCUT2D eigenvalue weighted by Crippen LogP contribution is -2.74. The number of likely N-dealkylation sites (tertiary alicyclic amines) is 2. The maximum atomic E-state index is 13.2. The van der Waals surface area contributed by atoms with Gasteiger partial charge >= 0.3 is 0 Å². The second-order valence-electron chi connectivity index (χ2n) is 11.7. The Morgan fingerprint density at radius 3 is 2.84 bits per heavy atom. The van der Waals surface area contributed by atoms with E-state index < -0.39 is 0 Å². The molecule has 3 aliphatic heterocycles. The molecule has 7 aliphatic rings. The Bertz CT molecular complexity index is 987. The number of amides is 1. The van der Waals surface area contributed by atoms with Gasteiger partial charge in [-0.3, -0.25) is 9.69 Å². The Balaban J connectivity index is 1.28. The zero-order chi connectivity index (χ0) is 20.5. The van der Waals surface area contributed by atoms with Gasteiger partial charge in [0, 0.05) is 42.4 Å². The first-order valence-corrected chi connectivity index (χ1v) is 12.7. The van der Waals surface area contributed by atoms with Gasteiger partial charge in [0.1, 0.15) is 5.75 Å². The molecule has 0 spiro atoms. The van der Waals surface area contributed by atoms with E-state index in [1.165, 1.54) is 30.5 Å². The van der Waals surface area contributed by atoms with Crippen molar-refractivity contribution in [2.75, 3.05) is 19.6 Å². The summed E-state index contributed by atoms with van der Waals surface area (Å²) in [6.45, 7) is 3.15. The van der Waals surface area contributed by atoms with Crippen LogP contribution < -0.4 is 0 Å². The highest BCUT2D eigenvalue weighted by molar-refractivity contribution is 5.82. The average Bonchev–Trinajstić information content (AvgIpc) is 3.66. The molecule has 6 atom stereocenters. The minimum atomic E-state index is -0.137. The van der Waals surface area contributed by atoms with E-state index in [4.69, 9.17) is 4.74 Å². The summed E-state index contributed by atoms with van der Waals surface area (Å²) in [5.41, 5.74) is 2.58. The van der Waals surface area contributed by atoms with Crippen molar-refractivity contribution in [2.24, 2.45) is 17.8 Å². The highest BCUT2D eigenvalue weighted by Crippen LogP contribution is 2.70. The molecular formula is C26H32N2O3. The predicted octanol–water partition coefficient (Wildman–Crippen LogP) is 2.84. The van der Waals surface area contributed by atoms with Crippen LogP contribution >= 0.6 is 0 Å². The fraction of sp³-hybridized carbons (Fsp3) is 0.731. The monoisotopic (exact) mass is 420 g/mol. The van der Waals surface area contributed by atoms with Crippen LogP contribution in [0.15, 0.2) is 18.2 Å². The lowest BCUT2D eigenvalue weighted by Gasteiger charge is -2.64. The Kier molecular flexibility index (Phi) is 3.27. The summed E-state index contributed by atoms with van der Waals surface area (Å²) in [5, 5.41) is 10.5. The summed E-state index contributed by atoms with van der Waals surface area (Å²) >= 11 is 0. The van der Waals surface area contributed by atoms with Gasteiger partial charge < -0.3 is 14.7 Å². The minimum absolute atomic E-state index is 0.0454. The van der Waals surface area contributed by atoms with Crippen molar-refractivity contribution in [1.82, 2.24) is 9.80 Å². The van der Waals surface area contributed by atoms with Gasteiger partial charge in [0.2, 0.25) is 5.91 Å². The first kappa shape index (κ1) is 17.9. The van der Waals surface area contributed by atoms with E-state index in [9.17, 15) is 9.90 Å². The van der Waals surface area contributed by atoms with E-state index in [0.717, 1.165) is 57.5 Å². The molecule has 3 saturated heterocycles. The Hall–Kier alpha value is -1.59. The molecule has 164 valence electrons. The van der Waals surface area contributed by atoms with Crippen LogP contribution in [0.5, 0.6) is 5.75 Å². The van der Waals surface area contributed by atoms with Gasteiger partial charge in [-0.15, -0.1) is 0 Å². The third kappa shape index (κ3) is 2.09. The van der Waals surface area contributed by atoms with E-state index in [2.05, 4.69) is 21.9 Å². The Labute approximate surface area is 183 Å². The zero-order valence-corrected chi connectivity index (χ0v) is 18.1. The maximum absolute atomic E-state index is 13.2. The van der Waals surface area contributed by atoms with Crippen LogP contribution in [-0.2, 0) is 21.4 Å². The van der Waals surface area contributed by atoms with Gasteiger partial charge in [0.05, 0.1) is 11.7 Å². The van der Waals surface area contributed by atoms with E-state index in [1.54, 1.807) is 0 Å². The van der Waals surface area contributed by atoms with Crippen LogP contribution in [0, 0.1) is 17.8 Å². The van der Waals surface area contributed by atoms with Crippen molar-refractivity contribution < 1.29 is 14.6 Å². The summed E-state index contributed by atoms with van der Waals surface area (Å²) in [7, 11) is 0. The Morgan fingerprint density at radius 2 is 2.03 bits per heavy atom. The van der Waals surface area contributed by atoms with Gasteiger partial charge in [-0.2, -0.15) is 0 Å². The summed E-state index contributed by atoms with van der Waals surface area (Å²) < 4.78 is 7.22. The van der Waals surface area contributed by atoms with E-state index in [-0.39, 0.29) is 23.0 Å². The number of hydrogen-bond donors (Lipinski definition) is 1. The van der Waals surface area contributed by atoms with Crippen molar-refractivity contribution in [3.05, 3.63) is 29.3 Å². The number of rotatable bonds is 3. The van der Waals surface area contributed by atoms with Crippen LogP contribution in [0.3, 0.4) is 0 Å². The topological polar surface area (TPSA) is 53.0 Å². The smallest absolute Gasteiger partial charge is 0.226 e. The van der Waals surface area contributed by atoms with Gasteiger partial charge in [-0.25, -0.2) is 0 Å². The lowest BCUT2D eigenvalue weighted by molar-refractivity contribution is -0.177. The molecule has 3 heterocycles. The van der Waals surface area contributed by atoms with Crippen molar-refractivity contribution in [3.63, 3.8) is 0 Å². The zero-order valence-electron chi connectivity index (χ0n) is 18.1. The lowest BCUT2D eigenvalue weighted by atomic mass is 9.46. The fourth-order valence-corrected chi connectivity index (χ4v) is 8.84. The highest BCUT2D eigenvalue weighted by atomic mass is 16.5. The number of ether oxygens (including phenoxy) is 1. The van der Waals surface area contributed by atoms with E-state index in [0.29, 0.717) is 29.7 Å². The van der Waals surface area contributed by atoms with Crippen molar-refractivity contribution >= 4 is 5.91 Å². The van der Waals surface area contributed by atoms with Crippen LogP contribution in [0.4, 0.5) is 0 Å². The molecule has 0 unspecified atom stereocenters. The molecule has 1 aromatic carbocycles. The van der Waals surface area contributed by atoms with Gasteiger partial charge in [-0.05, 0) is 87.1 Å². The molecule has 1 aromatic rings. The van der Waals surface area contributed by atoms with Gasteiger partial charge in [0.15, 0.2) is 0 Å². The van der Waals surface area contributed by atoms with E-state index in [1.807, 2.05) is 6.07 Å². The molecule has 6 fully saturated rings. The summed E-state index contributed by atoms with van der Waals surface area (Å²) in [6, 6.07) is 6.87. The van der Waals surface area contributed by atoms with Crippen molar-refractivity contribution in [3.8, 4) is 5.75 Å². The SMILES string of the molecule is O=C(C1CC1)N1C[C@H]2O[C@@]34CC[C@@H]1[C@@H]2[C@@]31CCN(CC2CC2)[C@@H]4Cc2ccc(O)cc21. The number of fused-ring (bicyclic) bond motifs is 1. The first-order valence-electron chi connectivity index (χ1n) is 12.7. The molecular weight excluding hydrogens is 388 g/mol. The van der Waals surface area contributed by atoms with Crippen LogP contribution in [0.2, 0.25) is 0 Å². The molecule has 8 rings (SSSR count). The number of aromatic hydroxyl groups is 1. The highest BCUT2D eigenvalue weighted by Gasteiger charge is 2.78. The number of hydrogen-bond acceptors (Lipinski definition) is 4. The molecule has 5 nitrogen and oxygen atoms in total. The number of phenols is 1. The normalized spacial score (nSPS) is 44.8. The number of piperidine rings is 1. The second kappa shape index (κ2) is 5.66. The predicted molar refractivity (Wildman–Crippen MR) is 115 cm³/mol. The fourth-order valence-electron chi connectivity index (χ4n) is 8.84. The number of nitrogens with zero attached hydrogens (tertiary/aromatic N) is 2. The quantitative estimate of drug-likeness (QED) is 0.817. The molecule has 31 heavy (non-hydrogen) atoms. The largest absolute Gasteiger partial charge is 0.508 e. The van der Waals surface area contributed by atoms with Crippen molar-refractivity contribution in [2.45, 2.75) is 80.6 Å². The molecule has 1 amide bonds. The Morgan fingerprint density at radius 1 is 1.16 bits per heavy atom. The van der Waals surface area contributed by atoms with Gasteiger partial charge in [0.25, 0.3) is 0 Å². The molecule has 0 aromatic heterocycles. The first-order chi connectivity index (χ1) is 15.1. The molecule has 5 heteroatoms. The van der Waals surface area contributed by atoms with E-state index >= 15 is 0 Å². The average molecular weight is 421 g/mol. The maximum Gasteiger partial charge on any atom is 0.226 e. The molecule has 1 N–H and O–H groups in total. The molecule has 3 saturated carbocycles. The number of carbonyl (C=O) groups is 1. The summed E-state index contributed by atoms with van der Waals surface area (Å²) in [6.07, 6.45) is 9.37. The number of carbonyl (C=O) groups excluding carboxylic acids is 1. The van der Waals surface area contributed by atoms with Gasteiger partial charge in [-0.1, -0.05) is 6.07 Å². The van der Waals surface area contributed by atoms with Crippen LogP contribution in [0.1, 0.15) is 56.1 Å². The summed E-state index contributed by atoms with van der Waals surface area (Å²) in [5.74, 6) is 2.31. The standard InChI is InChI=1S/C26H32N2O3/c29-18-6-5-17-11-22-26-8-7-20-23(21(31-26)14-28(20)24(30)16-3-4-16)25(26,19(17)12-18)9-10-27(22)13-15-1-2-15/h5-6,12,15-16,20-23,29H,1-4,7-11,13-14H2/t20-,21-,22-,23+,25+,26-/m1/s1. The number of benzene rings is 1.